The Kier molecular flexibility index (Phi) is 3.96. The summed E-state index contributed by atoms with van der Waals surface area (Å²) in [6.07, 6.45) is 7.24. The van der Waals surface area contributed by atoms with Gasteiger partial charge < -0.3 is 5.73 Å². The first-order valence-corrected chi connectivity index (χ1v) is 3.01. The summed E-state index contributed by atoms with van der Waals surface area (Å²) in [4.78, 5) is 0. The van der Waals surface area contributed by atoms with E-state index in [0.29, 0.717) is 5.57 Å². The fraction of sp³-hybridized carbons (Fsp3) is 0.125. The zero-order valence-electron chi connectivity index (χ0n) is 6.09. The average molecular weight is 136 g/mol. The molecule has 0 amide bonds. The maximum Gasteiger partial charge on any atom is 0.122 e. The molecule has 0 unspecified atom stereocenters. The van der Waals surface area contributed by atoms with E-state index >= 15 is 0 Å². The van der Waals surface area contributed by atoms with E-state index in [0.717, 1.165) is 0 Å². The molecule has 0 saturated heterocycles. The minimum Gasteiger partial charge on any atom is -0.384 e. The number of amidine groups is 1. The molecular weight excluding hydrogens is 124 g/mol. The Balaban J connectivity index is 3.90. The zero-order chi connectivity index (χ0) is 7.98. The third-order valence-corrected chi connectivity index (χ3v) is 0.947. The quantitative estimate of drug-likeness (QED) is 0.345. The number of nitrogens with one attached hydrogen (secondary N) is 1. The van der Waals surface area contributed by atoms with Crippen LogP contribution in [0.4, 0.5) is 0 Å². The summed E-state index contributed by atoms with van der Waals surface area (Å²) in [5.41, 5.74) is 5.67. The van der Waals surface area contributed by atoms with E-state index in [1.54, 1.807) is 12.2 Å². The standard InChI is InChI=1S/C8H12N2/c1-3-4-5-6-7(2)8(9)10/h3-6H,2H2,1H3,(H3,9,10)/b4-3-,6-5-. The molecule has 54 valence electrons. The number of hydrogen-bond acceptors (Lipinski definition) is 1. The Morgan fingerprint density at radius 1 is 1.50 bits per heavy atom. The molecule has 0 radical (unpaired) electrons. The number of rotatable bonds is 3. The summed E-state index contributed by atoms with van der Waals surface area (Å²) in [6.45, 7) is 5.47. The highest BCUT2D eigenvalue weighted by Crippen LogP contribution is 1.90. The molecule has 10 heavy (non-hydrogen) atoms. The van der Waals surface area contributed by atoms with Gasteiger partial charge in [0.25, 0.3) is 0 Å². The fourth-order valence-corrected chi connectivity index (χ4v) is 0.373. The van der Waals surface area contributed by atoms with Gasteiger partial charge in [0.05, 0.1) is 0 Å². The summed E-state index contributed by atoms with van der Waals surface area (Å²) in [5, 5.41) is 6.94. The van der Waals surface area contributed by atoms with E-state index in [4.69, 9.17) is 11.1 Å². The van der Waals surface area contributed by atoms with Gasteiger partial charge in [-0.1, -0.05) is 30.9 Å². The van der Waals surface area contributed by atoms with Crippen molar-refractivity contribution in [2.45, 2.75) is 6.92 Å². The largest absolute Gasteiger partial charge is 0.384 e. The molecule has 0 saturated carbocycles. The second-order valence-corrected chi connectivity index (χ2v) is 1.82. The number of nitrogens with two attached hydrogens (primary N) is 1. The second kappa shape index (κ2) is 4.56. The van der Waals surface area contributed by atoms with Crippen molar-refractivity contribution in [3.05, 3.63) is 36.5 Å². The van der Waals surface area contributed by atoms with Crippen molar-refractivity contribution in [1.29, 1.82) is 5.41 Å². The summed E-state index contributed by atoms with van der Waals surface area (Å²) in [5.74, 6) is 0.0146. The number of hydrogen-bond donors (Lipinski definition) is 2. The highest BCUT2D eigenvalue weighted by atomic mass is 14.7. The maximum absolute atomic E-state index is 6.94. The minimum atomic E-state index is 0.0146. The lowest BCUT2D eigenvalue weighted by Crippen LogP contribution is -2.09. The average Bonchev–Trinajstić information content (AvgIpc) is 1.88. The van der Waals surface area contributed by atoms with Crippen LogP contribution in [0, 0.1) is 5.41 Å². The van der Waals surface area contributed by atoms with Crippen molar-refractivity contribution in [2.24, 2.45) is 5.73 Å². The summed E-state index contributed by atoms with van der Waals surface area (Å²) in [7, 11) is 0. The van der Waals surface area contributed by atoms with Crippen LogP contribution in [0.25, 0.3) is 0 Å². The van der Waals surface area contributed by atoms with Crippen LogP contribution in [0.1, 0.15) is 6.92 Å². The Morgan fingerprint density at radius 3 is 2.50 bits per heavy atom. The predicted molar refractivity (Wildman–Crippen MR) is 45.0 cm³/mol. The number of allylic oxidation sites excluding steroid dienone is 3. The molecule has 0 bridgehead atoms. The van der Waals surface area contributed by atoms with Crippen molar-refractivity contribution >= 4 is 5.84 Å². The lowest BCUT2D eigenvalue weighted by atomic mass is 10.2. The van der Waals surface area contributed by atoms with Crippen LogP contribution in [0.2, 0.25) is 0 Å². The molecule has 0 spiro atoms. The van der Waals surface area contributed by atoms with Gasteiger partial charge in [-0.05, 0) is 6.92 Å². The third kappa shape index (κ3) is 3.66. The van der Waals surface area contributed by atoms with Gasteiger partial charge in [0.2, 0.25) is 0 Å². The molecule has 0 aliphatic heterocycles. The Bertz CT molecular complexity index is 187. The normalized spacial score (nSPS) is 10.9. The van der Waals surface area contributed by atoms with E-state index in [1.165, 1.54) is 0 Å². The van der Waals surface area contributed by atoms with Crippen molar-refractivity contribution in [3.8, 4) is 0 Å². The van der Waals surface area contributed by atoms with E-state index in [9.17, 15) is 0 Å². The molecule has 0 atom stereocenters. The van der Waals surface area contributed by atoms with Gasteiger partial charge in [-0.2, -0.15) is 0 Å². The highest BCUT2D eigenvalue weighted by Gasteiger charge is 1.87. The zero-order valence-corrected chi connectivity index (χ0v) is 6.09. The van der Waals surface area contributed by atoms with Crippen LogP contribution in [-0.2, 0) is 0 Å². The molecule has 2 heteroatoms. The SMILES string of the molecule is C=C(/C=C\C=C/C)C(=N)N. The van der Waals surface area contributed by atoms with Crippen LogP contribution in [-0.4, -0.2) is 5.84 Å². The van der Waals surface area contributed by atoms with Gasteiger partial charge in [-0.15, -0.1) is 0 Å². The Labute approximate surface area is 61.3 Å². The van der Waals surface area contributed by atoms with E-state index in [-0.39, 0.29) is 5.84 Å². The van der Waals surface area contributed by atoms with Crippen LogP contribution in [0.3, 0.4) is 0 Å². The lowest BCUT2D eigenvalue weighted by Gasteiger charge is -1.91. The first-order chi connectivity index (χ1) is 4.68. The third-order valence-electron chi connectivity index (χ3n) is 0.947. The Hall–Kier alpha value is -1.31. The summed E-state index contributed by atoms with van der Waals surface area (Å²) in [6, 6.07) is 0. The fourth-order valence-electron chi connectivity index (χ4n) is 0.373. The van der Waals surface area contributed by atoms with Gasteiger partial charge in [0.15, 0.2) is 0 Å². The maximum atomic E-state index is 6.94. The predicted octanol–water partition coefficient (Wildman–Crippen LogP) is 1.61. The molecule has 0 aromatic heterocycles. The molecular formula is C8H12N2. The first-order valence-electron chi connectivity index (χ1n) is 3.01. The van der Waals surface area contributed by atoms with Gasteiger partial charge in [0.1, 0.15) is 5.84 Å². The smallest absolute Gasteiger partial charge is 0.122 e. The van der Waals surface area contributed by atoms with E-state index in [1.807, 2.05) is 19.1 Å². The summed E-state index contributed by atoms with van der Waals surface area (Å²) >= 11 is 0. The molecule has 0 aliphatic rings. The topological polar surface area (TPSA) is 49.9 Å². The molecule has 0 aliphatic carbocycles. The van der Waals surface area contributed by atoms with Gasteiger partial charge in [-0.25, -0.2) is 0 Å². The van der Waals surface area contributed by atoms with E-state index in [2.05, 4.69) is 6.58 Å². The van der Waals surface area contributed by atoms with Crippen LogP contribution in [0.5, 0.6) is 0 Å². The molecule has 0 rings (SSSR count). The molecule has 0 aromatic carbocycles. The van der Waals surface area contributed by atoms with Crippen LogP contribution in [0.15, 0.2) is 36.5 Å². The minimum absolute atomic E-state index is 0.0146. The molecule has 0 aromatic rings. The first kappa shape index (κ1) is 8.69. The van der Waals surface area contributed by atoms with E-state index < -0.39 is 0 Å². The molecule has 0 fully saturated rings. The monoisotopic (exact) mass is 136 g/mol. The lowest BCUT2D eigenvalue weighted by molar-refractivity contribution is 1.44. The van der Waals surface area contributed by atoms with Crippen molar-refractivity contribution in [2.75, 3.05) is 0 Å². The van der Waals surface area contributed by atoms with Crippen LogP contribution >= 0.6 is 0 Å². The van der Waals surface area contributed by atoms with Gasteiger partial charge in [0, 0.05) is 5.57 Å². The Morgan fingerprint density at radius 2 is 2.10 bits per heavy atom. The van der Waals surface area contributed by atoms with Gasteiger partial charge >= 0.3 is 0 Å². The van der Waals surface area contributed by atoms with Crippen molar-refractivity contribution in [1.82, 2.24) is 0 Å². The van der Waals surface area contributed by atoms with Crippen molar-refractivity contribution in [3.63, 3.8) is 0 Å². The molecule has 3 N–H and O–H groups in total. The van der Waals surface area contributed by atoms with Gasteiger partial charge in [-0.3, -0.25) is 5.41 Å². The second-order valence-electron chi connectivity index (χ2n) is 1.82. The summed E-state index contributed by atoms with van der Waals surface area (Å²) < 4.78 is 0. The van der Waals surface area contributed by atoms with Crippen LogP contribution < -0.4 is 5.73 Å². The molecule has 2 nitrogen and oxygen atoms in total. The molecule has 0 heterocycles. The van der Waals surface area contributed by atoms with Crippen molar-refractivity contribution < 1.29 is 0 Å². The highest BCUT2D eigenvalue weighted by molar-refractivity contribution is 5.96.